The molecule has 0 saturated heterocycles. The Morgan fingerprint density at radius 2 is 1.81 bits per heavy atom. The molecule has 3 unspecified atom stereocenters. The zero-order valence-corrected chi connectivity index (χ0v) is 16.2. The minimum absolute atomic E-state index is 0.0121. The molecular weight excluding hydrogens is 342 g/mol. The van der Waals surface area contributed by atoms with Crippen molar-refractivity contribution in [2.75, 3.05) is 7.11 Å². The van der Waals surface area contributed by atoms with Gasteiger partial charge < -0.3 is 21.1 Å². The van der Waals surface area contributed by atoms with Crippen LogP contribution in [0.25, 0.3) is 0 Å². The van der Waals surface area contributed by atoms with Crippen LogP contribution in [0, 0.1) is 11.8 Å². The second-order valence-electron chi connectivity index (χ2n) is 8.01. The van der Waals surface area contributed by atoms with Crippen LogP contribution in [-0.2, 0) is 9.59 Å². The fourth-order valence-corrected chi connectivity index (χ4v) is 4.79. The molecule has 3 atom stereocenters. The van der Waals surface area contributed by atoms with Crippen LogP contribution >= 0.6 is 0 Å². The summed E-state index contributed by atoms with van der Waals surface area (Å²) in [5.41, 5.74) is 7.08. The van der Waals surface area contributed by atoms with Gasteiger partial charge in [-0.1, -0.05) is 18.6 Å². The highest BCUT2D eigenvalue weighted by atomic mass is 16.5. The third-order valence-electron chi connectivity index (χ3n) is 5.99. The van der Waals surface area contributed by atoms with Crippen molar-refractivity contribution in [3.63, 3.8) is 0 Å². The Bertz CT molecular complexity index is 647. The first-order valence-corrected chi connectivity index (χ1v) is 9.92. The first-order valence-electron chi connectivity index (χ1n) is 9.92. The Kier molecular flexibility index (Phi) is 6.37. The average molecular weight is 373 g/mol. The van der Waals surface area contributed by atoms with E-state index in [0.717, 1.165) is 37.0 Å². The van der Waals surface area contributed by atoms with Gasteiger partial charge in [0.2, 0.25) is 11.8 Å². The van der Waals surface area contributed by atoms with Crippen LogP contribution in [-0.4, -0.2) is 31.0 Å². The highest BCUT2D eigenvalue weighted by Crippen LogP contribution is 2.39. The number of carbonyl (C=O) groups excluding carboxylic acids is 2. The quantitative estimate of drug-likeness (QED) is 0.713. The number of rotatable bonds is 6. The lowest BCUT2D eigenvalue weighted by atomic mass is 9.67. The van der Waals surface area contributed by atoms with Gasteiger partial charge in [-0.2, -0.15) is 0 Å². The van der Waals surface area contributed by atoms with E-state index in [-0.39, 0.29) is 36.4 Å². The summed E-state index contributed by atoms with van der Waals surface area (Å²) < 4.78 is 5.19. The van der Waals surface area contributed by atoms with Gasteiger partial charge in [0.05, 0.1) is 19.6 Å². The summed E-state index contributed by atoms with van der Waals surface area (Å²) in [6, 6.07) is 7.60. The molecule has 148 valence electrons. The smallest absolute Gasteiger partial charge is 0.222 e. The lowest BCUT2D eigenvalue weighted by Crippen LogP contribution is -2.54. The molecule has 0 spiro atoms. The number of carbonyl (C=O) groups is 2. The lowest BCUT2D eigenvalue weighted by Gasteiger charge is -2.45. The maximum absolute atomic E-state index is 12.8. The van der Waals surface area contributed by atoms with E-state index in [9.17, 15) is 9.59 Å². The number of amides is 2. The van der Waals surface area contributed by atoms with Gasteiger partial charge in [-0.15, -0.1) is 0 Å². The van der Waals surface area contributed by atoms with Gasteiger partial charge in [0.1, 0.15) is 5.75 Å². The van der Waals surface area contributed by atoms with Crippen LogP contribution < -0.4 is 21.1 Å². The van der Waals surface area contributed by atoms with Crippen molar-refractivity contribution in [2.45, 2.75) is 63.6 Å². The van der Waals surface area contributed by atoms with Gasteiger partial charge in [-0.25, -0.2) is 0 Å². The normalized spacial score (nSPS) is 28.1. The zero-order valence-electron chi connectivity index (χ0n) is 16.2. The number of nitrogens with two attached hydrogens (primary N) is 1. The van der Waals surface area contributed by atoms with E-state index in [1.54, 1.807) is 7.11 Å². The molecule has 6 heteroatoms. The van der Waals surface area contributed by atoms with E-state index in [1.807, 2.05) is 24.3 Å². The Balaban J connectivity index is 1.66. The second-order valence-corrected chi connectivity index (χ2v) is 8.01. The van der Waals surface area contributed by atoms with E-state index in [0.29, 0.717) is 11.8 Å². The third kappa shape index (κ3) is 5.01. The lowest BCUT2D eigenvalue weighted by molar-refractivity contribution is -0.124. The summed E-state index contributed by atoms with van der Waals surface area (Å²) in [6.45, 7) is 1.47. The molecule has 1 aromatic rings. The van der Waals surface area contributed by atoms with Crippen LogP contribution in [0.4, 0.5) is 0 Å². The molecule has 0 heterocycles. The molecule has 4 N–H and O–H groups in total. The van der Waals surface area contributed by atoms with Crippen LogP contribution in [0.15, 0.2) is 24.3 Å². The van der Waals surface area contributed by atoms with Gasteiger partial charge >= 0.3 is 0 Å². The minimum atomic E-state index is -0.348. The van der Waals surface area contributed by atoms with Crippen molar-refractivity contribution in [1.82, 2.24) is 10.6 Å². The maximum Gasteiger partial charge on any atom is 0.222 e. The van der Waals surface area contributed by atoms with Gasteiger partial charge in [0, 0.05) is 19.0 Å². The molecule has 2 fully saturated rings. The number of methoxy groups -OCH3 is 1. The number of hydrogen-bond donors (Lipinski definition) is 3. The van der Waals surface area contributed by atoms with Crippen molar-refractivity contribution in [3.05, 3.63) is 29.8 Å². The van der Waals surface area contributed by atoms with Gasteiger partial charge in [-0.05, 0) is 55.2 Å². The summed E-state index contributed by atoms with van der Waals surface area (Å²) >= 11 is 0. The summed E-state index contributed by atoms with van der Waals surface area (Å²) in [4.78, 5) is 24.4. The minimum Gasteiger partial charge on any atom is -0.497 e. The molecule has 0 aromatic heterocycles. The van der Waals surface area contributed by atoms with Crippen LogP contribution in [0.2, 0.25) is 0 Å². The largest absolute Gasteiger partial charge is 0.497 e. The third-order valence-corrected chi connectivity index (χ3v) is 5.99. The highest BCUT2D eigenvalue weighted by Gasteiger charge is 2.40. The SMILES string of the molecule is COc1ccc(C(CC(=O)NC2C3CCCC2CC(N)C3)NC(C)=O)cc1. The number of benzene rings is 1. The van der Waals surface area contributed by atoms with E-state index >= 15 is 0 Å². The Morgan fingerprint density at radius 3 is 2.37 bits per heavy atom. The summed E-state index contributed by atoms with van der Waals surface area (Å²) in [5.74, 6) is 1.55. The van der Waals surface area contributed by atoms with Crippen LogP contribution in [0.5, 0.6) is 5.75 Å². The molecule has 2 aliphatic carbocycles. The zero-order chi connectivity index (χ0) is 19.4. The average Bonchev–Trinajstić information content (AvgIpc) is 2.61. The van der Waals surface area contributed by atoms with Gasteiger partial charge in [-0.3, -0.25) is 9.59 Å². The molecule has 3 rings (SSSR count). The van der Waals surface area contributed by atoms with Crippen molar-refractivity contribution >= 4 is 11.8 Å². The first-order chi connectivity index (χ1) is 13.0. The van der Waals surface area contributed by atoms with Crippen molar-refractivity contribution < 1.29 is 14.3 Å². The predicted molar refractivity (Wildman–Crippen MR) is 104 cm³/mol. The standard InChI is InChI=1S/C21H31N3O3/c1-13(25)23-19(14-6-8-18(27-2)9-7-14)12-20(26)24-21-15-4-3-5-16(21)11-17(22)10-15/h6-9,15-17,19,21H,3-5,10-12,22H2,1-2H3,(H,23,25)(H,24,26). The number of hydrogen-bond acceptors (Lipinski definition) is 4. The molecule has 1 aromatic carbocycles. The molecular formula is C21H31N3O3. The molecule has 2 saturated carbocycles. The van der Waals surface area contributed by atoms with Gasteiger partial charge in [0.25, 0.3) is 0 Å². The summed E-state index contributed by atoms with van der Waals surface area (Å²) in [5, 5.41) is 6.17. The van der Waals surface area contributed by atoms with Crippen LogP contribution in [0.1, 0.15) is 57.1 Å². The maximum atomic E-state index is 12.8. The molecule has 0 radical (unpaired) electrons. The monoisotopic (exact) mass is 373 g/mol. The first kappa shape index (κ1) is 19.7. The molecule has 2 aliphatic rings. The molecule has 6 nitrogen and oxygen atoms in total. The Morgan fingerprint density at radius 1 is 1.19 bits per heavy atom. The van der Waals surface area contributed by atoms with Crippen molar-refractivity contribution in [1.29, 1.82) is 0 Å². The summed E-state index contributed by atoms with van der Waals surface area (Å²) in [6.07, 6.45) is 5.73. The number of ether oxygens (including phenoxy) is 1. The predicted octanol–water partition coefficient (Wildman–Crippen LogP) is 2.28. The fraction of sp³-hybridized carbons (Fsp3) is 0.619. The molecule has 2 amide bonds. The van der Waals surface area contributed by atoms with E-state index in [4.69, 9.17) is 10.5 Å². The topological polar surface area (TPSA) is 93.4 Å². The number of nitrogens with one attached hydrogen (secondary N) is 2. The van der Waals surface area contributed by atoms with Crippen molar-refractivity contribution in [3.8, 4) is 5.75 Å². The van der Waals surface area contributed by atoms with Crippen LogP contribution in [0.3, 0.4) is 0 Å². The van der Waals surface area contributed by atoms with Crippen molar-refractivity contribution in [2.24, 2.45) is 17.6 Å². The highest BCUT2D eigenvalue weighted by molar-refractivity contribution is 5.79. The summed E-state index contributed by atoms with van der Waals surface area (Å²) in [7, 11) is 1.61. The van der Waals surface area contributed by atoms with E-state index in [1.165, 1.54) is 13.3 Å². The van der Waals surface area contributed by atoms with Gasteiger partial charge in [0.15, 0.2) is 0 Å². The molecule has 0 aliphatic heterocycles. The fourth-order valence-electron chi connectivity index (χ4n) is 4.79. The molecule has 27 heavy (non-hydrogen) atoms. The molecule has 2 bridgehead atoms. The second kappa shape index (κ2) is 8.74. The van der Waals surface area contributed by atoms with E-state index < -0.39 is 0 Å². The van der Waals surface area contributed by atoms with E-state index in [2.05, 4.69) is 10.6 Å². The number of fused-ring (bicyclic) bond motifs is 2. The Hall–Kier alpha value is -2.08. The Labute approximate surface area is 161 Å².